The maximum Gasteiger partial charge on any atom is 0.234 e. The fraction of sp³-hybridized carbons (Fsp3) is 0.300. The van der Waals surface area contributed by atoms with Gasteiger partial charge in [-0.05, 0) is 41.8 Å². The summed E-state index contributed by atoms with van der Waals surface area (Å²) < 4.78 is 13.0. The van der Waals surface area contributed by atoms with E-state index in [2.05, 4.69) is 15.5 Å². The molecule has 3 rings (SSSR count). The van der Waals surface area contributed by atoms with E-state index >= 15 is 0 Å². The average Bonchev–Trinajstić information content (AvgIpc) is 2.59. The van der Waals surface area contributed by atoms with Crippen LogP contribution >= 0.6 is 0 Å². The molecule has 0 radical (unpaired) electrons. The number of anilines is 1. The molecule has 1 saturated heterocycles. The Morgan fingerprint density at radius 3 is 2.38 bits per heavy atom. The Balaban J connectivity index is 1.47. The van der Waals surface area contributed by atoms with Crippen molar-refractivity contribution >= 4 is 17.5 Å². The molecule has 0 spiro atoms. The van der Waals surface area contributed by atoms with Crippen LogP contribution in [0, 0.1) is 5.82 Å². The van der Waals surface area contributed by atoms with E-state index in [-0.39, 0.29) is 23.7 Å². The molecule has 1 aliphatic heterocycles. The molecule has 2 amide bonds. The Morgan fingerprint density at radius 1 is 1.12 bits per heavy atom. The molecule has 2 aromatic rings. The van der Waals surface area contributed by atoms with Gasteiger partial charge in [-0.3, -0.25) is 14.5 Å². The number of likely N-dealkylation sites (tertiary alicyclic amines) is 1. The first-order valence-electron chi connectivity index (χ1n) is 8.64. The van der Waals surface area contributed by atoms with Crippen LogP contribution in [0.5, 0.6) is 0 Å². The summed E-state index contributed by atoms with van der Waals surface area (Å²) in [5.41, 5.74) is 2.74. The van der Waals surface area contributed by atoms with Crippen molar-refractivity contribution in [3.63, 3.8) is 0 Å². The van der Waals surface area contributed by atoms with Crippen molar-refractivity contribution in [3.8, 4) is 0 Å². The van der Waals surface area contributed by atoms with Gasteiger partial charge < -0.3 is 10.6 Å². The van der Waals surface area contributed by atoms with Gasteiger partial charge in [-0.15, -0.1) is 0 Å². The minimum Gasteiger partial charge on any atom is -0.351 e. The summed E-state index contributed by atoms with van der Waals surface area (Å²) in [7, 11) is 0. The van der Waals surface area contributed by atoms with Crippen LogP contribution in [0.3, 0.4) is 0 Å². The molecule has 1 atom stereocenters. The summed E-state index contributed by atoms with van der Waals surface area (Å²) in [5, 5.41) is 5.62. The van der Waals surface area contributed by atoms with Gasteiger partial charge in [-0.1, -0.05) is 24.3 Å². The molecule has 0 unspecified atom stereocenters. The van der Waals surface area contributed by atoms with Crippen molar-refractivity contribution in [1.29, 1.82) is 0 Å². The number of nitrogens with zero attached hydrogens (tertiary/aromatic N) is 1. The van der Waals surface area contributed by atoms with Crippen LogP contribution in [-0.4, -0.2) is 29.8 Å². The third-order valence-electron chi connectivity index (χ3n) is 4.50. The molecule has 1 heterocycles. The first kappa shape index (κ1) is 18.1. The average molecular weight is 355 g/mol. The van der Waals surface area contributed by atoms with Crippen molar-refractivity contribution < 1.29 is 14.0 Å². The van der Waals surface area contributed by atoms with Crippen LogP contribution in [0.2, 0.25) is 0 Å². The standard InChI is InChI=1S/C20H22FN3O2/c1-14(25)23-18-8-2-15(3-9-18)12-22-20(26)13-24-11-10-19(24)16-4-6-17(21)7-5-16/h2-9,19H,10-13H2,1H3,(H,22,26)(H,23,25)/t19-/m0/s1. The van der Waals surface area contributed by atoms with E-state index in [4.69, 9.17) is 0 Å². The predicted octanol–water partition coefficient (Wildman–Crippen LogP) is 2.85. The fourth-order valence-electron chi connectivity index (χ4n) is 3.04. The lowest BCUT2D eigenvalue weighted by atomic mass is 9.95. The van der Waals surface area contributed by atoms with Crippen molar-refractivity contribution in [3.05, 3.63) is 65.5 Å². The molecular formula is C20H22FN3O2. The number of nitrogens with one attached hydrogen (secondary N) is 2. The van der Waals surface area contributed by atoms with Gasteiger partial charge in [0, 0.05) is 31.7 Å². The van der Waals surface area contributed by atoms with E-state index in [9.17, 15) is 14.0 Å². The lowest BCUT2D eigenvalue weighted by Crippen LogP contribution is -2.46. The van der Waals surface area contributed by atoms with E-state index in [0.717, 1.165) is 29.8 Å². The van der Waals surface area contributed by atoms with Crippen LogP contribution in [0.1, 0.15) is 30.5 Å². The topological polar surface area (TPSA) is 61.4 Å². The van der Waals surface area contributed by atoms with Gasteiger partial charge in [0.25, 0.3) is 0 Å². The van der Waals surface area contributed by atoms with Gasteiger partial charge in [-0.2, -0.15) is 0 Å². The lowest BCUT2D eigenvalue weighted by molar-refractivity contribution is -0.124. The van der Waals surface area contributed by atoms with Gasteiger partial charge in [0.05, 0.1) is 6.54 Å². The zero-order valence-electron chi connectivity index (χ0n) is 14.7. The van der Waals surface area contributed by atoms with Crippen molar-refractivity contribution in [2.75, 3.05) is 18.4 Å². The van der Waals surface area contributed by atoms with Gasteiger partial charge in [0.15, 0.2) is 0 Å². The maximum absolute atomic E-state index is 13.0. The minimum absolute atomic E-state index is 0.0391. The molecule has 0 bridgehead atoms. The smallest absolute Gasteiger partial charge is 0.234 e. The second-order valence-corrected chi connectivity index (χ2v) is 6.48. The maximum atomic E-state index is 13.0. The lowest BCUT2D eigenvalue weighted by Gasteiger charge is -2.40. The molecular weight excluding hydrogens is 333 g/mol. The van der Waals surface area contributed by atoms with E-state index in [0.29, 0.717) is 13.1 Å². The second-order valence-electron chi connectivity index (χ2n) is 6.48. The Labute approximate surface area is 152 Å². The van der Waals surface area contributed by atoms with E-state index in [1.165, 1.54) is 19.1 Å². The first-order valence-corrected chi connectivity index (χ1v) is 8.64. The molecule has 0 aliphatic carbocycles. The number of carbonyl (C=O) groups excluding carboxylic acids is 2. The quantitative estimate of drug-likeness (QED) is 0.838. The van der Waals surface area contributed by atoms with Crippen LogP contribution < -0.4 is 10.6 Å². The summed E-state index contributed by atoms with van der Waals surface area (Å²) in [6.07, 6.45) is 0.976. The van der Waals surface area contributed by atoms with E-state index < -0.39 is 0 Å². The number of hydrogen-bond acceptors (Lipinski definition) is 3. The van der Waals surface area contributed by atoms with Crippen molar-refractivity contribution in [2.24, 2.45) is 0 Å². The minimum atomic E-state index is -0.248. The summed E-state index contributed by atoms with van der Waals surface area (Å²) >= 11 is 0. The molecule has 1 fully saturated rings. The number of amides is 2. The SMILES string of the molecule is CC(=O)Nc1ccc(CNC(=O)CN2CC[C@H]2c2ccc(F)cc2)cc1. The van der Waals surface area contributed by atoms with Gasteiger partial charge in [-0.25, -0.2) is 4.39 Å². The number of halogens is 1. The number of hydrogen-bond donors (Lipinski definition) is 2. The third-order valence-corrected chi connectivity index (χ3v) is 4.50. The van der Waals surface area contributed by atoms with E-state index in [1.807, 2.05) is 24.3 Å². The number of carbonyl (C=O) groups is 2. The molecule has 2 aromatic carbocycles. The monoisotopic (exact) mass is 355 g/mol. The Morgan fingerprint density at radius 2 is 1.81 bits per heavy atom. The zero-order valence-corrected chi connectivity index (χ0v) is 14.7. The Kier molecular flexibility index (Phi) is 5.63. The molecule has 0 saturated carbocycles. The van der Waals surface area contributed by atoms with Crippen LogP contribution in [0.4, 0.5) is 10.1 Å². The highest BCUT2D eigenvalue weighted by Gasteiger charge is 2.30. The summed E-state index contributed by atoms with van der Waals surface area (Å²) in [4.78, 5) is 25.3. The molecule has 136 valence electrons. The largest absolute Gasteiger partial charge is 0.351 e. The van der Waals surface area contributed by atoms with Crippen LogP contribution in [-0.2, 0) is 16.1 Å². The molecule has 2 N–H and O–H groups in total. The summed E-state index contributed by atoms with van der Waals surface area (Å²) in [6, 6.07) is 14.0. The highest BCUT2D eigenvalue weighted by Crippen LogP contribution is 2.32. The van der Waals surface area contributed by atoms with Crippen LogP contribution in [0.25, 0.3) is 0 Å². The van der Waals surface area contributed by atoms with E-state index in [1.54, 1.807) is 12.1 Å². The first-order chi connectivity index (χ1) is 12.5. The highest BCUT2D eigenvalue weighted by atomic mass is 19.1. The predicted molar refractivity (Wildman–Crippen MR) is 97.9 cm³/mol. The Hall–Kier alpha value is -2.73. The molecule has 1 aliphatic rings. The normalized spacial score (nSPS) is 16.6. The second kappa shape index (κ2) is 8.10. The third kappa shape index (κ3) is 4.67. The zero-order chi connectivity index (χ0) is 18.5. The number of rotatable bonds is 6. The number of benzene rings is 2. The van der Waals surface area contributed by atoms with Crippen molar-refractivity contribution in [2.45, 2.75) is 25.9 Å². The van der Waals surface area contributed by atoms with Crippen LogP contribution in [0.15, 0.2) is 48.5 Å². The molecule has 6 heteroatoms. The molecule has 26 heavy (non-hydrogen) atoms. The van der Waals surface area contributed by atoms with Gasteiger partial charge in [0.2, 0.25) is 11.8 Å². The van der Waals surface area contributed by atoms with Crippen molar-refractivity contribution in [1.82, 2.24) is 10.2 Å². The fourth-order valence-corrected chi connectivity index (χ4v) is 3.04. The molecule has 5 nitrogen and oxygen atoms in total. The summed E-state index contributed by atoms with van der Waals surface area (Å²) in [5.74, 6) is -0.402. The van der Waals surface area contributed by atoms with Gasteiger partial charge in [0.1, 0.15) is 5.82 Å². The van der Waals surface area contributed by atoms with Gasteiger partial charge >= 0.3 is 0 Å². The summed E-state index contributed by atoms with van der Waals surface area (Å²) in [6.45, 7) is 3.09. The Bertz CT molecular complexity index is 775. The molecule has 0 aromatic heterocycles. The highest BCUT2D eigenvalue weighted by molar-refractivity contribution is 5.88.